The van der Waals surface area contributed by atoms with E-state index in [0.717, 1.165) is 12.1 Å². The van der Waals surface area contributed by atoms with Crippen LogP contribution in [0.2, 0.25) is 5.02 Å². The summed E-state index contributed by atoms with van der Waals surface area (Å²) in [5.41, 5.74) is -0.349. The van der Waals surface area contributed by atoms with Gasteiger partial charge in [0.25, 0.3) is 0 Å². The van der Waals surface area contributed by atoms with Gasteiger partial charge in [0.15, 0.2) is 0 Å². The van der Waals surface area contributed by atoms with E-state index in [-0.39, 0.29) is 17.5 Å². The number of nitrogens with two attached hydrogens (primary N) is 1. The summed E-state index contributed by atoms with van der Waals surface area (Å²) < 4.78 is 37.3. The van der Waals surface area contributed by atoms with Crippen LogP contribution in [0.4, 0.5) is 13.2 Å². The first-order valence-corrected chi connectivity index (χ1v) is 4.92. The van der Waals surface area contributed by atoms with E-state index >= 15 is 0 Å². The molecule has 0 heterocycles. The molecule has 0 aliphatic carbocycles. The van der Waals surface area contributed by atoms with E-state index in [1.165, 1.54) is 6.07 Å². The Balaban J connectivity index is 3.09. The van der Waals surface area contributed by atoms with Crippen molar-refractivity contribution in [1.82, 2.24) is 0 Å². The van der Waals surface area contributed by atoms with Crippen molar-refractivity contribution in [1.29, 1.82) is 0 Å². The molecule has 0 spiro atoms. The molecule has 0 aromatic heterocycles. The topological polar surface area (TPSA) is 35.2 Å². The van der Waals surface area contributed by atoms with Gasteiger partial charge in [-0.3, -0.25) is 0 Å². The summed E-state index contributed by atoms with van der Waals surface area (Å²) in [5, 5.41) is 0.276. The molecular weight excluding hydrogens is 243 g/mol. The van der Waals surface area contributed by atoms with Crippen LogP contribution in [0.15, 0.2) is 18.2 Å². The van der Waals surface area contributed by atoms with E-state index < -0.39 is 11.7 Å². The Hall–Kier alpha value is -0.780. The van der Waals surface area contributed by atoms with Crippen molar-refractivity contribution in [2.75, 3.05) is 6.61 Å². The van der Waals surface area contributed by atoms with E-state index in [4.69, 9.17) is 17.5 Å². The molecule has 0 bridgehead atoms. The Kier molecular flexibility index (Phi) is 4.18. The van der Waals surface area contributed by atoms with Gasteiger partial charge in [0.2, 0.25) is 0 Å². The molecule has 0 saturated carbocycles. The van der Waals surface area contributed by atoms with Gasteiger partial charge in [0, 0.05) is 10.9 Å². The lowest BCUT2D eigenvalue weighted by Gasteiger charge is -2.15. The van der Waals surface area contributed by atoms with Crippen LogP contribution < -0.4 is 5.90 Å². The van der Waals surface area contributed by atoms with Crippen LogP contribution in [-0.2, 0) is 11.0 Å². The van der Waals surface area contributed by atoms with Crippen molar-refractivity contribution in [2.24, 2.45) is 5.90 Å². The highest BCUT2D eigenvalue weighted by Crippen LogP contribution is 2.34. The number of hydrogen-bond donors (Lipinski definition) is 1. The second-order valence-corrected chi connectivity index (χ2v) is 3.88. The maximum absolute atomic E-state index is 12.4. The third kappa shape index (κ3) is 3.10. The first kappa shape index (κ1) is 13.3. The van der Waals surface area contributed by atoms with Crippen molar-refractivity contribution < 1.29 is 18.0 Å². The molecule has 2 nitrogen and oxygen atoms in total. The van der Waals surface area contributed by atoms with E-state index in [0.29, 0.717) is 5.56 Å². The molecule has 1 rings (SSSR count). The summed E-state index contributed by atoms with van der Waals surface area (Å²) in [5.74, 6) is 4.58. The number of hydrogen-bond acceptors (Lipinski definition) is 2. The highest BCUT2D eigenvalue weighted by atomic mass is 35.5. The van der Waals surface area contributed by atoms with Crippen LogP contribution in [0.25, 0.3) is 0 Å². The predicted octanol–water partition coefficient (Wildman–Crippen LogP) is 3.35. The molecule has 0 aliphatic rings. The molecule has 6 heteroatoms. The summed E-state index contributed by atoms with van der Waals surface area (Å²) in [4.78, 5) is 4.40. The normalized spacial score (nSPS) is 13.9. The van der Waals surface area contributed by atoms with Gasteiger partial charge in [0.05, 0.1) is 12.2 Å². The molecular formula is C10H11ClF3NO. The van der Waals surface area contributed by atoms with Gasteiger partial charge in [-0.1, -0.05) is 18.5 Å². The van der Waals surface area contributed by atoms with Crippen LogP contribution in [0.3, 0.4) is 0 Å². The summed E-state index contributed by atoms with van der Waals surface area (Å²) in [6.45, 7) is 1.80. The predicted molar refractivity (Wildman–Crippen MR) is 55.0 cm³/mol. The molecule has 16 heavy (non-hydrogen) atoms. The summed E-state index contributed by atoms with van der Waals surface area (Å²) in [6.07, 6.45) is -4.37. The van der Waals surface area contributed by atoms with E-state index in [2.05, 4.69) is 4.84 Å². The van der Waals surface area contributed by atoms with Gasteiger partial charge in [0.1, 0.15) is 0 Å². The third-order valence-corrected chi connectivity index (χ3v) is 2.54. The molecule has 1 unspecified atom stereocenters. The monoisotopic (exact) mass is 253 g/mol. The summed E-state index contributed by atoms with van der Waals surface area (Å²) in [7, 11) is 0. The molecule has 0 aliphatic heterocycles. The molecule has 0 amide bonds. The fraction of sp³-hybridized carbons (Fsp3) is 0.400. The maximum atomic E-state index is 12.4. The zero-order chi connectivity index (χ0) is 12.3. The minimum Gasteiger partial charge on any atom is -0.304 e. The number of benzene rings is 1. The first-order chi connectivity index (χ1) is 7.36. The van der Waals surface area contributed by atoms with Gasteiger partial charge < -0.3 is 4.84 Å². The molecule has 1 aromatic rings. The van der Waals surface area contributed by atoms with Crippen molar-refractivity contribution >= 4 is 11.6 Å². The average molecular weight is 254 g/mol. The highest BCUT2D eigenvalue weighted by molar-refractivity contribution is 6.31. The number of rotatable bonds is 3. The van der Waals surface area contributed by atoms with Gasteiger partial charge in [-0.05, 0) is 23.8 Å². The second-order valence-electron chi connectivity index (χ2n) is 3.47. The SMILES string of the molecule is CC(CON)c1cc(C(F)(F)F)ccc1Cl. The largest absolute Gasteiger partial charge is 0.416 e. The fourth-order valence-corrected chi connectivity index (χ4v) is 1.64. The van der Waals surface area contributed by atoms with Crippen molar-refractivity contribution in [3.8, 4) is 0 Å². The Morgan fingerprint density at radius 3 is 2.56 bits per heavy atom. The van der Waals surface area contributed by atoms with Crippen LogP contribution in [-0.4, -0.2) is 6.61 Å². The molecule has 0 saturated heterocycles. The zero-order valence-corrected chi connectivity index (χ0v) is 9.27. The van der Waals surface area contributed by atoms with Gasteiger partial charge in [-0.25, -0.2) is 5.90 Å². The van der Waals surface area contributed by atoms with E-state index in [9.17, 15) is 13.2 Å². The summed E-state index contributed by atoms with van der Waals surface area (Å²) >= 11 is 5.81. The standard InChI is InChI=1S/C10H11ClF3NO/c1-6(5-16-15)8-4-7(10(12,13)14)2-3-9(8)11/h2-4,6H,5,15H2,1H3. The fourth-order valence-electron chi connectivity index (χ4n) is 1.33. The molecule has 1 atom stereocenters. The lowest BCUT2D eigenvalue weighted by molar-refractivity contribution is -0.137. The smallest absolute Gasteiger partial charge is 0.304 e. The molecule has 0 radical (unpaired) electrons. The summed E-state index contributed by atoms with van der Waals surface area (Å²) in [6, 6.07) is 3.20. The molecule has 90 valence electrons. The lowest BCUT2D eigenvalue weighted by atomic mass is 9.99. The third-order valence-electron chi connectivity index (χ3n) is 2.20. The highest BCUT2D eigenvalue weighted by Gasteiger charge is 2.31. The molecule has 2 N–H and O–H groups in total. The van der Waals surface area contributed by atoms with Crippen molar-refractivity contribution in [2.45, 2.75) is 19.0 Å². The van der Waals surface area contributed by atoms with Gasteiger partial charge in [-0.2, -0.15) is 13.2 Å². The first-order valence-electron chi connectivity index (χ1n) is 4.54. The minimum atomic E-state index is -4.37. The van der Waals surface area contributed by atoms with Crippen LogP contribution >= 0.6 is 11.6 Å². The average Bonchev–Trinajstić information content (AvgIpc) is 2.16. The van der Waals surface area contributed by atoms with Crippen molar-refractivity contribution in [3.63, 3.8) is 0 Å². The van der Waals surface area contributed by atoms with Crippen molar-refractivity contribution in [3.05, 3.63) is 34.3 Å². The van der Waals surface area contributed by atoms with Crippen LogP contribution in [0.1, 0.15) is 24.0 Å². The Bertz CT molecular complexity index is 368. The minimum absolute atomic E-state index is 0.112. The lowest BCUT2D eigenvalue weighted by Crippen LogP contribution is -2.11. The number of halogens is 4. The van der Waals surface area contributed by atoms with E-state index in [1.807, 2.05) is 0 Å². The van der Waals surface area contributed by atoms with Gasteiger partial charge >= 0.3 is 6.18 Å². The van der Waals surface area contributed by atoms with Gasteiger partial charge in [-0.15, -0.1) is 0 Å². The second kappa shape index (κ2) is 5.03. The Morgan fingerprint density at radius 2 is 2.06 bits per heavy atom. The van der Waals surface area contributed by atoms with Crippen LogP contribution in [0, 0.1) is 0 Å². The van der Waals surface area contributed by atoms with E-state index in [1.54, 1.807) is 6.92 Å². The quantitative estimate of drug-likeness (QED) is 0.839. The Labute approximate surface area is 96.1 Å². The van der Waals surface area contributed by atoms with Crippen LogP contribution in [0.5, 0.6) is 0 Å². The molecule has 0 fully saturated rings. The zero-order valence-electron chi connectivity index (χ0n) is 8.51. The Morgan fingerprint density at radius 1 is 1.44 bits per heavy atom. The maximum Gasteiger partial charge on any atom is 0.416 e. The number of alkyl halides is 3. The molecule has 1 aromatic carbocycles.